The third kappa shape index (κ3) is 26.6. The molecule has 0 spiro atoms. The van der Waals surface area contributed by atoms with Gasteiger partial charge >= 0.3 is 0 Å². The molecule has 0 unspecified atom stereocenters. The molecule has 0 bridgehead atoms. The molecule has 0 aromatic heterocycles. The molecule has 19 heavy (non-hydrogen) atoms. The number of methoxy groups -OCH3 is 3. The summed E-state index contributed by atoms with van der Waals surface area (Å²) in [7, 11) is 5.06. The van der Waals surface area contributed by atoms with E-state index in [1.54, 1.807) is 21.3 Å². The molecule has 0 heterocycles. The fraction of sp³-hybridized carbons (Fsp3) is 0.625. The van der Waals surface area contributed by atoms with Gasteiger partial charge in [0.25, 0.3) is 0 Å². The first kappa shape index (κ1) is 23.2. The Hall–Kier alpha value is -0.900. The van der Waals surface area contributed by atoms with Crippen molar-refractivity contribution in [1.29, 1.82) is 0 Å². The van der Waals surface area contributed by atoms with Gasteiger partial charge in [0.1, 0.15) is 0 Å². The van der Waals surface area contributed by atoms with Crippen LogP contribution in [-0.2, 0) is 20.8 Å². The second-order valence-corrected chi connectivity index (χ2v) is 3.07. The summed E-state index contributed by atoms with van der Waals surface area (Å²) in [6.45, 7) is 10.3. The fourth-order valence-corrected chi connectivity index (χ4v) is 0.741. The molecule has 0 aliphatic carbocycles. The first-order chi connectivity index (χ1) is 9.26. The topological polar surface area (TPSA) is 27.7 Å². The minimum atomic E-state index is 0.709. The van der Waals surface area contributed by atoms with E-state index in [1.807, 2.05) is 58.0 Å². The highest BCUT2D eigenvalue weighted by atomic mass is 16.5. The highest BCUT2D eigenvalue weighted by molar-refractivity contribution is 5.13. The van der Waals surface area contributed by atoms with Gasteiger partial charge in [-0.1, -0.05) is 44.2 Å². The number of hydrogen-bond acceptors (Lipinski definition) is 3. The smallest absolute Gasteiger partial charge is 0.0713 e. The molecule has 114 valence electrons. The Bertz CT molecular complexity index is 204. The van der Waals surface area contributed by atoms with Crippen molar-refractivity contribution in [3.63, 3.8) is 0 Å². The highest BCUT2D eigenvalue weighted by Gasteiger charge is 1.84. The number of ether oxygens (including phenoxy) is 3. The van der Waals surface area contributed by atoms with E-state index in [-0.39, 0.29) is 0 Å². The summed E-state index contributed by atoms with van der Waals surface area (Å²) in [6.07, 6.45) is 0. The van der Waals surface area contributed by atoms with E-state index in [9.17, 15) is 0 Å². The van der Waals surface area contributed by atoms with Gasteiger partial charge in [-0.2, -0.15) is 0 Å². The van der Waals surface area contributed by atoms with E-state index in [0.29, 0.717) is 6.61 Å². The van der Waals surface area contributed by atoms with Crippen molar-refractivity contribution >= 4 is 0 Å². The monoisotopic (exact) mass is 272 g/mol. The molecule has 0 saturated heterocycles. The van der Waals surface area contributed by atoms with E-state index in [1.165, 1.54) is 5.56 Å². The summed E-state index contributed by atoms with van der Waals surface area (Å²) in [5, 5.41) is 0. The fourth-order valence-electron chi connectivity index (χ4n) is 0.741. The SMILES string of the molecule is CC.CCOC.CCOC.COCc1ccccc1. The number of rotatable bonds is 4. The van der Waals surface area contributed by atoms with E-state index in [2.05, 4.69) is 9.47 Å². The molecule has 1 rings (SSSR count). The lowest BCUT2D eigenvalue weighted by molar-refractivity contribution is 0.185. The van der Waals surface area contributed by atoms with Crippen LogP contribution in [0.4, 0.5) is 0 Å². The minimum absolute atomic E-state index is 0.709. The zero-order chi connectivity index (χ0) is 15.4. The molecule has 0 N–H and O–H groups in total. The van der Waals surface area contributed by atoms with Crippen LogP contribution in [0.5, 0.6) is 0 Å². The van der Waals surface area contributed by atoms with Gasteiger partial charge in [0.15, 0.2) is 0 Å². The van der Waals surface area contributed by atoms with Gasteiger partial charge < -0.3 is 14.2 Å². The number of hydrogen-bond donors (Lipinski definition) is 0. The van der Waals surface area contributed by atoms with Crippen LogP contribution in [0.1, 0.15) is 33.3 Å². The van der Waals surface area contributed by atoms with Gasteiger partial charge in [0.2, 0.25) is 0 Å². The predicted molar refractivity (Wildman–Crippen MR) is 83.6 cm³/mol. The quantitative estimate of drug-likeness (QED) is 0.823. The van der Waals surface area contributed by atoms with Crippen LogP contribution in [-0.4, -0.2) is 34.5 Å². The summed E-state index contributed by atoms with van der Waals surface area (Å²) < 4.78 is 14.0. The normalized spacial score (nSPS) is 7.95. The molecule has 0 amide bonds. The number of benzene rings is 1. The van der Waals surface area contributed by atoms with Crippen molar-refractivity contribution in [3.8, 4) is 0 Å². The Labute approximate surface area is 119 Å². The maximum absolute atomic E-state index is 4.93. The van der Waals surface area contributed by atoms with E-state index in [0.717, 1.165) is 13.2 Å². The molecular weight excluding hydrogens is 240 g/mol. The molecule has 1 aromatic carbocycles. The van der Waals surface area contributed by atoms with Gasteiger partial charge in [-0.3, -0.25) is 0 Å². The lowest BCUT2D eigenvalue weighted by atomic mass is 10.2. The second-order valence-electron chi connectivity index (χ2n) is 3.07. The molecule has 0 fully saturated rings. The Morgan fingerprint density at radius 1 is 0.737 bits per heavy atom. The summed E-state index contributed by atoms with van der Waals surface area (Å²) in [5.74, 6) is 0. The molecule has 0 saturated carbocycles. The predicted octanol–water partition coefficient (Wildman–Crippen LogP) is 4.16. The molecule has 1 aromatic rings. The molecule has 0 aliphatic heterocycles. The lowest BCUT2D eigenvalue weighted by Crippen LogP contribution is -1.84. The third-order valence-electron chi connectivity index (χ3n) is 1.73. The Balaban J connectivity index is -0.000000217. The molecule has 3 nitrogen and oxygen atoms in total. The van der Waals surface area contributed by atoms with Crippen molar-refractivity contribution in [3.05, 3.63) is 35.9 Å². The van der Waals surface area contributed by atoms with Gasteiger partial charge in [0.05, 0.1) is 6.61 Å². The van der Waals surface area contributed by atoms with Crippen LogP contribution in [0, 0.1) is 0 Å². The zero-order valence-electron chi connectivity index (χ0n) is 13.7. The van der Waals surface area contributed by atoms with Crippen LogP contribution >= 0.6 is 0 Å². The zero-order valence-corrected chi connectivity index (χ0v) is 13.7. The Kier molecular flexibility index (Phi) is 31.6. The van der Waals surface area contributed by atoms with Gasteiger partial charge in [-0.15, -0.1) is 0 Å². The summed E-state index contributed by atoms with van der Waals surface area (Å²) in [6, 6.07) is 10.1. The summed E-state index contributed by atoms with van der Waals surface area (Å²) >= 11 is 0. The van der Waals surface area contributed by atoms with Crippen LogP contribution in [0.25, 0.3) is 0 Å². The van der Waals surface area contributed by atoms with Crippen LogP contribution in [0.2, 0.25) is 0 Å². The van der Waals surface area contributed by atoms with Crippen LogP contribution in [0.15, 0.2) is 30.3 Å². The van der Waals surface area contributed by atoms with Crippen LogP contribution in [0.3, 0.4) is 0 Å². The molecule has 0 aliphatic rings. The average Bonchev–Trinajstić information content (AvgIpc) is 2.51. The molecule has 0 radical (unpaired) electrons. The van der Waals surface area contributed by atoms with Gasteiger partial charge in [-0.05, 0) is 19.4 Å². The first-order valence-electron chi connectivity index (χ1n) is 6.77. The molecular formula is C16H32O3. The molecule has 0 atom stereocenters. The molecule has 3 heteroatoms. The summed E-state index contributed by atoms with van der Waals surface area (Å²) in [5.41, 5.74) is 1.22. The lowest BCUT2D eigenvalue weighted by Gasteiger charge is -1.95. The first-order valence-corrected chi connectivity index (χ1v) is 6.77. The van der Waals surface area contributed by atoms with Crippen molar-refractivity contribution in [1.82, 2.24) is 0 Å². The van der Waals surface area contributed by atoms with E-state index in [4.69, 9.17) is 4.74 Å². The minimum Gasteiger partial charge on any atom is -0.385 e. The maximum atomic E-state index is 4.93. The van der Waals surface area contributed by atoms with Gasteiger partial charge in [-0.25, -0.2) is 0 Å². The maximum Gasteiger partial charge on any atom is 0.0713 e. The second kappa shape index (κ2) is 25.8. The Morgan fingerprint density at radius 2 is 1.11 bits per heavy atom. The van der Waals surface area contributed by atoms with Gasteiger partial charge in [0, 0.05) is 34.5 Å². The average molecular weight is 272 g/mol. The summed E-state index contributed by atoms with van der Waals surface area (Å²) in [4.78, 5) is 0. The standard InChI is InChI=1S/C8H10O.2C3H8O.C2H6/c1-9-7-8-5-3-2-4-6-8;2*1-3-4-2;1-2/h2-6H,7H2,1H3;2*3H2,1-2H3;1-2H3. The highest BCUT2D eigenvalue weighted by Crippen LogP contribution is 1.98. The van der Waals surface area contributed by atoms with Crippen molar-refractivity contribution < 1.29 is 14.2 Å². The van der Waals surface area contributed by atoms with Crippen molar-refractivity contribution in [2.45, 2.75) is 34.3 Å². The third-order valence-corrected chi connectivity index (χ3v) is 1.73. The van der Waals surface area contributed by atoms with E-state index < -0.39 is 0 Å². The van der Waals surface area contributed by atoms with Crippen LogP contribution < -0.4 is 0 Å². The van der Waals surface area contributed by atoms with Crippen molar-refractivity contribution in [2.75, 3.05) is 34.5 Å². The van der Waals surface area contributed by atoms with E-state index >= 15 is 0 Å². The largest absolute Gasteiger partial charge is 0.385 e. The van der Waals surface area contributed by atoms with Crippen molar-refractivity contribution in [2.24, 2.45) is 0 Å². The Morgan fingerprint density at radius 3 is 1.37 bits per heavy atom.